The number of hydrogen-bond donors (Lipinski definition) is 1. The summed E-state index contributed by atoms with van der Waals surface area (Å²) in [6.07, 6.45) is 1.34. The number of rotatable bonds is 5. The minimum absolute atomic E-state index is 0.0731. The van der Waals surface area contributed by atoms with E-state index in [2.05, 4.69) is 4.90 Å². The zero-order chi connectivity index (χ0) is 8.97. The van der Waals surface area contributed by atoms with Gasteiger partial charge in [-0.2, -0.15) is 0 Å². The molecule has 0 atom stereocenters. The molecule has 1 fully saturated rings. The fraction of sp³-hybridized carbons (Fsp3) is 1.00. The van der Waals surface area contributed by atoms with Gasteiger partial charge in [-0.1, -0.05) is 0 Å². The smallest absolute Gasteiger partial charge is 0.0793 e. The van der Waals surface area contributed by atoms with Crippen LogP contribution in [0.15, 0.2) is 0 Å². The first-order valence-electron chi connectivity index (χ1n) is 4.70. The van der Waals surface area contributed by atoms with Gasteiger partial charge in [0.2, 0.25) is 0 Å². The summed E-state index contributed by atoms with van der Waals surface area (Å²) in [6, 6.07) is 0. The Hall–Kier alpha value is -0.120. The van der Waals surface area contributed by atoms with Gasteiger partial charge in [0.1, 0.15) is 0 Å². The van der Waals surface area contributed by atoms with Gasteiger partial charge in [-0.3, -0.25) is 4.90 Å². The third-order valence-electron chi connectivity index (χ3n) is 2.01. The van der Waals surface area contributed by atoms with Gasteiger partial charge in [-0.05, 0) is 20.3 Å². The van der Waals surface area contributed by atoms with Crippen LogP contribution in [0.5, 0.6) is 0 Å². The standard InChI is InChI=1S/C9H19NO2/c1-8(2)12-5-3-4-10-6-9(11)7-10/h8-9,11H,3-7H2,1-2H3. The van der Waals surface area contributed by atoms with E-state index >= 15 is 0 Å². The first kappa shape index (κ1) is 9.96. The number of nitrogens with zero attached hydrogens (tertiary/aromatic N) is 1. The van der Waals surface area contributed by atoms with Crippen molar-refractivity contribution in [1.29, 1.82) is 0 Å². The van der Waals surface area contributed by atoms with Crippen LogP contribution in [0.25, 0.3) is 0 Å². The van der Waals surface area contributed by atoms with Crippen molar-refractivity contribution in [3.05, 3.63) is 0 Å². The van der Waals surface area contributed by atoms with Crippen molar-refractivity contribution in [2.24, 2.45) is 0 Å². The molecule has 0 aromatic carbocycles. The summed E-state index contributed by atoms with van der Waals surface area (Å²) in [6.45, 7) is 7.69. The van der Waals surface area contributed by atoms with Crippen molar-refractivity contribution < 1.29 is 9.84 Å². The lowest BCUT2D eigenvalue weighted by Crippen LogP contribution is -2.50. The molecule has 0 aromatic heterocycles. The molecule has 12 heavy (non-hydrogen) atoms. The normalized spacial score (nSPS) is 20.0. The first-order chi connectivity index (χ1) is 5.68. The Morgan fingerprint density at radius 3 is 2.67 bits per heavy atom. The molecule has 3 nitrogen and oxygen atoms in total. The van der Waals surface area contributed by atoms with Gasteiger partial charge in [0.25, 0.3) is 0 Å². The molecule has 0 aliphatic carbocycles. The lowest BCUT2D eigenvalue weighted by atomic mass is 10.1. The summed E-state index contributed by atoms with van der Waals surface area (Å²) in [7, 11) is 0. The van der Waals surface area contributed by atoms with Crippen molar-refractivity contribution in [1.82, 2.24) is 4.90 Å². The lowest BCUT2D eigenvalue weighted by molar-refractivity contribution is -0.00624. The molecule has 1 aliphatic heterocycles. The van der Waals surface area contributed by atoms with E-state index in [0.29, 0.717) is 6.10 Å². The highest BCUT2D eigenvalue weighted by Crippen LogP contribution is 2.07. The van der Waals surface area contributed by atoms with Crippen LogP contribution in [0.3, 0.4) is 0 Å². The van der Waals surface area contributed by atoms with Crippen LogP contribution in [0.1, 0.15) is 20.3 Å². The molecule has 0 amide bonds. The second kappa shape index (κ2) is 4.80. The molecule has 1 rings (SSSR count). The lowest BCUT2D eigenvalue weighted by Gasteiger charge is -2.35. The zero-order valence-corrected chi connectivity index (χ0v) is 7.99. The van der Waals surface area contributed by atoms with Crippen LogP contribution >= 0.6 is 0 Å². The maximum atomic E-state index is 8.99. The quantitative estimate of drug-likeness (QED) is 0.614. The Bertz CT molecular complexity index is 122. The molecular weight excluding hydrogens is 154 g/mol. The van der Waals surface area contributed by atoms with E-state index in [1.165, 1.54) is 0 Å². The highest BCUT2D eigenvalue weighted by atomic mass is 16.5. The molecule has 0 radical (unpaired) electrons. The van der Waals surface area contributed by atoms with Gasteiger partial charge in [-0.25, -0.2) is 0 Å². The molecule has 3 heteroatoms. The van der Waals surface area contributed by atoms with Gasteiger partial charge in [0, 0.05) is 26.2 Å². The summed E-state index contributed by atoms with van der Waals surface area (Å²) < 4.78 is 5.40. The number of ether oxygens (including phenoxy) is 1. The average Bonchev–Trinajstić information content (AvgIpc) is 1.93. The molecule has 0 unspecified atom stereocenters. The van der Waals surface area contributed by atoms with Crippen LogP contribution in [-0.4, -0.2) is 48.5 Å². The molecule has 0 spiro atoms. The van der Waals surface area contributed by atoms with Crippen molar-refractivity contribution >= 4 is 0 Å². The maximum Gasteiger partial charge on any atom is 0.0793 e. The minimum Gasteiger partial charge on any atom is -0.390 e. The number of β-amino-alcohol motifs (C(OH)–C–C–N with tert-alkyl or cyclic N) is 1. The monoisotopic (exact) mass is 173 g/mol. The summed E-state index contributed by atoms with van der Waals surface area (Å²) >= 11 is 0. The molecule has 0 saturated carbocycles. The van der Waals surface area contributed by atoms with E-state index in [0.717, 1.165) is 32.7 Å². The third-order valence-corrected chi connectivity index (χ3v) is 2.01. The van der Waals surface area contributed by atoms with Crippen molar-refractivity contribution in [2.75, 3.05) is 26.2 Å². The van der Waals surface area contributed by atoms with Crippen LogP contribution in [0, 0.1) is 0 Å². The highest BCUT2D eigenvalue weighted by molar-refractivity contribution is 4.77. The number of aliphatic hydroxyl groups is 1. The van der Waals surface area contributed by atoms with Crippen LogP contribution in [0.4, 0.5) is 0 Å². The fourth-order valence-corrected chi connectivity index (χ4v) is 1.33. The predicted molar refractivity (Wildman–Crippen MR) is 48.2 cm³/mol. The van der Waals surface area contributed by atoms with Gasteiger partial charge in [-0.15, -0.1) is 0 Å². The SMILES string of the molecule is CC(C)OCCCN1CC(O)C1. The van der Waals surface area contributed by atoms with Gasteiger partial charge >= 0.3 is 0 Å². The molecule has 1 heterocycles. The molecule has 0 aromatic rings. The minimum atomic E-state index is -0.0731. The van der Waals surface area contributed by atoms with Gasteiger partial charge < -0.3 is 9.84 Å². The molecule has 0 bridgehead atoms. The Kier molecular flexibility index (Phi) is 3.98. The number of aliphatic hydroxyl groups excluding tert-OH is 1. The summed E-state index contributed by atoms with van der Waals surface area (Å²) in [4.78, 5) is 2.24. The molecule has 1 saturated heterocycles. The third kappa shape index (κ3) is 3.52. The molecule has 72 valence electrons. The first-order valence-corrected chi connectivity index (χ1v) is 4.70. The summed E-state index contributed by atoms with van der Waals surface area (Å²) in [5.74, 6) is 0. The number of hydrogen-bond acceptors (Lipinski definition) is 3. The van der Waals surface area contributed by atoms with E-state index in [1.54, 1.807) is 0 Å². The van der Waals surface area contributed by atoms with Gasteiger partial charge in [0.05, 0.1) is 12.2 Å². The van der Waals surface area contributed by atoms with Crippen LogP contribution in [-0.2, 0) is 4.74 Å². The Balaban J connectivity index is 1.83. The second-order valence-electron chi connectivity index (χ2n) is 3.69. The Morgan fingerprint density at radius 2 is 2.17 bits per heavy atom. The van der Waals surface area contributed by atoms with Crippen molar-refractivity contribution in [2.45, 2.75) is 32.5 Å². The topological polar surface area (TPSA) is 32.7 Å². The predicted octanol–water partition coefficient (Wildman–Crippen LogP) is 0.478. The molecule has 1 N–H and O–H groups in total. The van der Waals surface area contributed by atoms with E-state index in [9.17, 15) is 0 Å². The zero-order valence-electron chi connectivity index (χ0n) is 7.99. The second-order valence-corrected chi connectivity index (χ2v) is 3.69. The average molecular weight is 173 g/mol. The summed E-state index contributed by atoms with van der Waals surface area (Å²) in [5.41, 5.74) is 0. The van der Waals surface area contributed by atoms with Crippen molar-refractivity contribution in [3.63, 3.8) is 0 Å². The van der Waals surface area contributed by atoms with Crippen molar-refractivity contribution in [3.8, 4) is 0 Å². The van der Waals surface area contributed by atoms with Gasteiger partial charge in [0.15, 0.2) is 0 Å². The van der Waals surface area contributed by atoms with E-state index < -0.39 is 0 Å². The summed E-state index contributed by atoms with van der Waals surface area (Å²) in [5, 5.41) is 8.99. The van der Waals surface area contributed by atoms with Crippen LogP contribution in [0.2, 0.25) is 0 Å². The van der Waals surface area contributed by atoms with E-state index in [1.807, 2.05) is 13.8 Å². The van der Waals surface area contributed by atoms with Crippen LogP contribution < -0.4 is 0 Å². The van der Waals surface area contributed by atoms with E-state index in [4.69, 9.17) is 9.84 Å². The number of likely N-dealkylation sites (tertiary alicyclic amines) is 1. The molecule has 1 aliphatic rings. The largest absolute Gasteiger partial charge is 0.390 e. The molecular formula is C9H19NO2. The Labute approximate surface area is 74.3 Å². The van der Waals surface area contributed by atoms with E-state index in [-0.39, 0.29) is 6.10 Å². The highest BCUT2D eigenvalue weighted by Gasteiger charge is 2.22. The Morgan fingerprint density at radius 1 is 1.50 bits per heavy atom. The fourth-order valence-electron chi connectivity index (χ4n) is 1.33. The maximum absolute atomic E-state index is 8.99.